The van der Waals surface area contributed by atoms with Gasteiger partial charge in [0.1, 0.15) is 17.7 Å². The molecule has 0 saturated heterocycles. The van der Waals surface area contributed by atoms with Crippen LogP contribution in [0.5, 0.6) is 0 Å². The minimum Gasteiger partial charge on any atom is -0.344 e. The molecule has 8 heteroatoms. The van der Waals surface area contributed by atoms with E-state index in [4.69, 9.17) is 0 Å². The predicted octanol–water partition coefficient (Wildman–Crippen LogP) is 3.47. The van der Waals surface area contributed by atoms with Gasteiger partial charge < -0.3 is 10.3 Å². The van der Waals surface area contributed by atoms with Crippen LogP contribution in [-0.2, 0) is 6.18 Å². The summed E-state index contributed by atoms with van der Waals surface area (Å²) in [5, 5.41) is 3.34. The number of carbonyl (C=O) groups excluding carboxylic acids is 1. The van der Waals surface area contributed by atoms with Gasteiger partial charge in [-0.15, -0.1) is 0 Å². The largest absolute Gasteiger partial charge is 0.416 e. The Morgan fingerprint density at radius 2 is 2.08 bits per heavy atom. The minimum absolute atomic E-state index is 0.268. The molecule has 1 atom stereocenters. The molecule has 1 unspecified atom stereocenters. The number of fused-ring (bicyclic) bond motifs is 1. The van der Waals surface area contributed by atoms with Gasteiger partial charge in [-0.1, -0.05) is 12.1 Å². The third kappa shape index (κ3) is 3.22. The van der Waals surface area contributed by atoms with Crippen molar-refractivity contribution in [2.45, 2.75) is 19.1 Å². The van der Waals surface area contributed by atoms with Crippen LogP contribution < -0.4 is 5.32 Å². The molecule has 3 aromatic rings. The summed E-state index contributed by atoms with van der Waals surface area (Å²) < 4.78 is 38.3. The average Bonchev–Trinajstić information content (AvgIpc) is 2.98. The Morgan fingerprint density at radius 1 is 1.29 bits per heavy atom. The lowest BCUT2D eigenvalue weighted by atomic mass is 10.0. The number of benzene rings is 1. The molecule has 2 heterocycles. The molecule has 1 amide bonds. The summed E-state index contributed by atoms with van der Waals surface area (Å²) in [5.41, 5.74) is 0.405. The number of nitrogens with one attached hydrogen (secondary N) is 2. The molecular weight excluding hydrogens is 321 g/mol. The van der Waals surface area contributed by atoms with Gasteiger partial charge in [0.15, 0.2) is 0 Å². The van der Waals surface area contributed by atoms with Gasteiger partial charge in [-0.2, -0.15) is 13.2 Å². The summed E-state index contributed by atoms with van der Waals surface area (Å²) in [6.45, 7) is 1.62. The van der Waals surface area contributed by atoms with Crippen LogP contribution in [0, 0.1) is 0 Å². The zero-order valence-electron chi connectivity index (χ0n) is 12.6. The van der Waals surface area contributed by atoms with Crippen molar-refractivity contribution < 1.29 is 18.0 Å². The number of hydrogen-bond acceptors (Lipinski definition) is 3. The first-order valence-corrected chi connectivity index (χ1v) is 7.11. The van der Waals surface area contributed by atoms with Gasteiger partial charge in [0.2, 0.25) is 0 Å². The zero-order chi connectivity index (χ0) is 17.3. The van der Waals surface area contributed by atoms with E-state index in [1.54, 1.807) is 19.2 Å². The van der Waals surface area contributed by atoms with E-state index in [9.17, 15) is 18.0 Å². The maximum atomic E-state index is 12.8. The van der Waals surface area contributed by atoms with Crippen molar-refractivity contribution in [3.63, 3.8) is 0 Å². The van der Waals surface area contributed by atoms with E-state index >= 15 is 0 Å². The Balaban J connectivity index is 1.79. The maximum Gasteiger partial charge on any atom is 0.416 e. The first-order chi connectivity index (χ1) is 11.3. The summed E-state index contributed by atoms with van der Waals surface area (Å²) in [6, 6.07) is 5.88. The van der Waals surface area contributed by atoms with Crippen molar-refractivity contribution in [1.82, 2.24) is 20.3 Å². The fraction of sp³-hybridized carbons (Fsp3) is 0.188. The van der Waals surface area contributed by atoms with Crippen molar-refractivity contribution in [1.29, 1.82) is 0 Å². The van der Waals surface area contributed by atoms with Crippen LogP contribution >= 0.6 is 0 Å². The average molecular weight is 334 g/mol. The number of carbonyl (C=O) groups is 1. The third-order valence-corrected chi connectivity index (χ3v) is 3.60. The Kier molecular flexibility index (Phi) is 3.96. The van der Waals surface area contributed by atoms with Gasteiger partial charge in [-0.05, 0) is 30.7 Å². The Morgan fingerprint density at radius 3 is 2.79 bits per heavy atom. The van der Waals surface area contributed by atoms with E-state index in [1.165, 1.54) is 18.5 Å². The number of alkyl halides is 3. The van der Waals surface area contributed by atoms with Gasteiger partial charge in [-0.3, -0.25) is 4.79 Å². The summed E-state index contributed by atoms with van der Waals surface area (Å²) in [4.78, 5) is 23.0. The molecule has 0 aliphatic carbocycles. The molecule has 2 aromatic heterocycles. The molecule has 1 aromatic carbocycles. The van der Waals surface area contributed by atoms with Crippen molar-refractivity contribution >= 4 is 16.9 Å². The van der Waals surface area contributed by atoms with E-state index < -0.39 is 23.7 Å². The van der Waals surface area contributed by atoms with Crippen molar-refractivity contribution in [3.8, 4) is 0 Å². The lowest BCUT2D eigenvalue weighted by molar-refractivity contribution is -0.137. The highest BCUT2D eigenvalue weighted by molar-refractivity contribution is 5.97. The molecule has 0 aliphatic heterocycles. The first kappa shape index (κ1) is 16.0. The second-order valence-corrected chi connectivity index (χ2v) is 5.33. The van der Waals surface area contributed by atoms with Crippen molar-refractivity contribution in [2.75, 3.05) is 0 Å². The molecule has 0 bridgehead atoms. The quantitative estimate of drug-likeness (QED) is 0.770. The SMILES string of the molecule is CC(NC(=O)c1cc2cncnc2[nH]1)c1cccc(C(F)(F)F)c1. The molecule has 2 N–H and O–H groups in total. The number of H-pyrrole nitrogens is 1. The second kappa shape index (κ2) is 5.95. The highest BCUT2D eigenvalue weighted by Gasteiger charge is 2.30. The molecule has 0 spiro atoms. The molecule has 3 rings (SSSR count). The zero-order valence-corrected chi connectivity index (χ0v) is 12.6. The molecule has 0 aliphatic rings. The molecular formula is C16H13F3N4O. The highest BCUT2D eigenvalue weighted by Crippen LogP contribution is 2.30. The fourth-order valence-electron chi connectivity index (χ4n) is 2.33. The van der Waals surface area contributed by atoms with Crippen LogP contribution in [0.25, 0.3) is 11.0 Å². The van der Waals surface area contributed by atoms with E-state index in [-0.39, 0.29) is 5.69 Å². The van der Waals surface area contributed by atoms with Gasteiger partial charge in [0.25, 0.3) is 5.91 Å². The lowest BCUT2D eigenvalue weighted by Crippen LogP contribution is -2.27. The number of aromatic nitrogens is 3. The smallest absolute Gasteiger partial charge is 0.344 e. The Bertz CT molecular complexity index is 855. The number of amides is 1. The van der Waals surface area contributed by atoms with Crippen LogP contribution in [0.2, 0.25) is 0 Å². The fourth-order valence-corrected chi connectivity index (χ4v) is 2.33. The predicted molar refractivity (Wildman–Crippen MR) is 81.2 cm³/mol. The molecule has 0 fully saturated rings. The normalized spacial score (nSPS) is 13.0. The summed E-state index contributed by atoms with van der Waals surface area (Å²) in [7, 11) is 0. The van der Waals surface area contributed by atoms with Gasteiger partial charge >= 0.3 is 6.18 Å². The molecule has 124 valence electrons. The summed E-state index contributed by atoms with van der Waals surface area (Å²) in [5.74, 6) is -0.432. The standard InChI is InChI=1S/C16H13F3N4O/c1-9(10-3-2-4-12(5-10)16(17,18)19)22-15(24)13-6-11-7-20-8-21-14(11)23-13/h2-9H,1H3,(H,22,24)(H,20,21,23). The Hall–Kier alpha value is -2.90. The molecule has 24 heavy (non-hydrogen) atoms. The number of aromatic amines is 1. The lowest BCUT2D eigenvalue weighted by Gasteiger charge is -2.15. The van der Waals surface area contributed by atoms with E-state index in [2.05, 4.69) is 20.3 Å². The number of halogens is 3. The summed E-state index contributed by atoms with van der Waals surface area (Å²) in [6.07, 6.45) is -1.51. The van der Waals surface area contributed by atoms with Crippen LogP contribution in [0.15, 0.2) is 42.9 Å². The molecule has 0 radical (unpaired) electrons. The van der Waals surface area contributed by atoms with Crippen LogP contribution in [0.3, 0.4) is 0 Å². The van der Waals surface area contributed by atoms with Gasteiger partial charge in [-0.25, -0.2) is 9.97 Å². The molecule has 5 nitrogen and oxygen atoms in total. The number of nitrogens with zero attached hydrogens (tertiary/aromatic N) is 2. The number of rotatable bonds is 3. The van der Waals surface area contributed by atoms with Gasteiger partial charge in [0.05, 0.1) is 11.6 Å². The maximum absolute atomic E-state index is 12.8. The second-order valence-electron chi connectivity index (χ2n) is 5.33. The van der Waals surface area contributed by atoms with Crippen molar-refractivity contribution in [3.05, 3.63) is 59.7 Å². The van der Waals surface area contributed by atoms with Gasteiger partial charge in [0, 0.05) is 11.6 Å². The third-order valence-electron chi connectivity index (χ3n) is 3.60. The minimum atomic E-state index is -4.42. The van der Waals surface area contributed by atoms with E-state index in [1.807, 2.05) is 0 Å². The highest BCUT2D eigenvalue weighted by atomic mass is 19.4. The van der Waals surface area contributed by atoms with E-state index in [0.717, 1.165) is 12.1 Å². The number of hydrogen-bond donors (Lipinski definition) is 2. The monoisotopic (exact) mass is 334 g/mol. The summed E-state index contributed by atoms with van der Waals surface area (Å²) >= 11 is 0. The first-order valence-electron chi connectivity index (χ1n) is 7.11. The molecule has 0 saturated carbocycles. The van der Waals surface area contributed by atoms with Crippen molar-refractivity contribution in [2.24, 2.45) is 0 Å². The topological polar surface area (TPSA) is 70.7 Å². The van der Waals surface area contributed by atoms with Crippen LogP contribution in [0.4, 0.5) is 13.2 Å². The van der Waals surface area contributed by atoms with E-state index in [0.29, 0.717) is 16.6 Å². The van der Waals surface area contributed by atoms with Crippen LogP contribution in [0.1, 0.15) is 34.6 Å². The van der Waals surface area contributed by atoms with Crippen LogP contribution in [-0.4, -0.2) is 20.9 Å². The Labute approximate surface area is 134 Å².